The second kappa shape index (κ2) is 5.12. The summed E-state index contributed by atoms with van der Waals surface area (Å²) in [7, 11) is 0. The van der Waals surface area contributed by atoms with Crippen molar-refractivity contribution in [2.75, 3.05) is 0 Å². The highest BCUT2D eigenvalue weighted by atomic mass is 19.4. The first-order valence-electron chi connectivity index (χ1n) is 4.92. The van der Waals surface area contributed by atoms with Gasteiger partial charge < -0.3 is 9.47 Å². The Balaban J connectivity index is 3.15. The second-order valence-electron chi connectivity index (χ2n) is 3.52. The van der Waals surface area contributed by atoms with Crippen LogP contribution >= 0.6 is 0 Å². The van der Waals surface area contributed by atoms with Gasteiger partial charge in [-0.2, -0.15) is 0 Å². The normalized spacial score (nSPS) is 11.4. The van der Waals surface area contributed by atoms with Gasteiger partial charge in [-0.25, -0.2) is 0 Å². The fourth-order valence-corrected chi connectivity index (χ4v) is 1.22. The second-order valence-corrected chi connectivity index (χ2v) is 3.52. The highest BCUT2D eigenvalue weighted by molar-refractivity contribution is 5.49. The molecule has 1 aromatic rings. The van der Waals surface area contributed by atoms with Gasteiger partial charge in [0.1, 0.15) is 0 Å². The van der Waals surface area contributed by atoms with E-state index in [1.165, 1.54) is 12.1 Å². The maximum Gasteiger partial charge on any atom is 0.573 e. The van der Waals surface area contributed by atoms with Crippen LogP contribution in [0, 0.1) is 6.08 Å². The van der Waals surface area contributed by atoms with Crippen LogP contribution in [0.15, 0.2) is 24.8 Å². The van der Waals surface area contributed by atoms with Gasteiger partial charge in [0.05, 0.1) is 6.10 Å². The summed E-state index contributed by atoms with van der Waals surface area (Å²) >= 11 is 0. The Labute approximate surface area is 97.7 Å². The molecule has 0 bridgehead atoms. The molecule has 0 heterocycles. The zero-order valence-corrected chi connectivity index (χ0v) is 9.47. The van der Waals surface area contributed by atoms with Crippen molar-refractivity contribution < 1.29 is 22.6 Å². The molecule has 0 unspecified atom stereocenters. The summed E-state index contributed by atoms with van der Waals surface area (Å²) in [4.78, 5) is 0. The summed E-state index contributed by atoms with van der Waals surface area (Å²) in [6.07, 6.45) is -2.66. The first-order valence-corrected chi connectivity index (χ1v) is 4.92. The molecular formula is C12H12F3O2. The minimum Gasteiger partial charge on any atom is -0.487 e. The zero-order valence-electron chi connectivity index (χ0n) is 9.47. The van der Waals surface area contributed by atoms with E-state index in [1.807, 2.05) is 0 Å². The van der Waals surface area contributed by atoms with E-state index < -0.39 is 12.1 Å². The zero-order chi connectivity index (χ0) is 13.1. The standard InChI is InChI=1S/C12H12F3O2/c1-4-9-6-5-7-10(16-8(2)3)11(9)17-12(13,14)15/h5-8H,1H2,2-3H3. The highest BCUT2D eigenvalue weighted by Crippen LogP contribution is 2.36. The fourth-order valence-electron chi connectivity index (χ4n) is 1.22. The molecule has 0 aromatic heterocycles. The van der Waals surface area contributed by atoms with Crippen molar-refractivity contribution in [3.63, 3.8) is 0 Å². The molecule has 0 amide bonds. The van der Waals surface area contributed by atoms with Crippen molar-refractivity contribution in [3.8, 4) is 11.5 Å². The predicted molar refractivity (Wildman–Crippen MR) is 56.9 cm³/mol. The molecule has 1 radical (unpaired) electrons. The SMILES string of the molecule is C=[C]c1cccc(OC(C)C)c1OC(F)(F)F. The summed E-state index contributed by atoms with van der Waals surface area (Å²) < 4.78 is 45.9. The topological polar surface area (TPSA) is 18.5 Å². The molecule has 0 saturated carbocycles. The van der Waals surface area contributed by atoms with Crippen LogP contribution in [0.5, 0.6) is 11.5 Å². The lowest BCUT2D eigenvalue weighted by atomic mass is 10.2. The number of alkyl halides is 3. The molecule has 0 N–H and O–H groups in total. The smallest absolute Gasteiger partial charge is 0.487 e. The summed E-state index contributed by atoms with van der Waals surface area (Å²) in [6.45, 7) is 6.73. The molecule has 0 atom stereocenters. The molecular weight excluding hydrogens is 233 g/mol. The van der Waals surface area contributed by atoms with E-state index in [1.54, 1.807) is 19.9 Å². The number of rotatable bonds is 4. The molecule has 5 heteroatoms. The Bertz CT molecular complexity index is 397. The van der Waals surface area contributed by atoms with E-state index in [0.29, 0.717) is 0 Å². The Hall–Kier alpha value is -1.65. The lowest BCUT2D eigenvalue weighted by Gasteiger charge is -2.17. The Morgan fingerprint density at radius 2 is 1.94 bits per heavy atom. The first-order chi connectivity index (χ1) is 7.83. The Morgan fingerprint density at radius 1 is 1.29 bits per heavy atom. The van der Waals surface area contributed by atoms with Crippen LogP contribution in [0.3, 0.4) is 0 Å². The third-order valence-corrected chi connectivity index (χ3v) is 1.75. The van der Waals surface area contributed by atoms with Crippen LogP contribution in [-0.2, 0) is 0 Å². The predicted octanol–water partition coefficient (Wildman–Crippen LogP) is 3.71. The van der Waals surface area contributed by atoms with Gasteiger partial charge in [0.15, 0.2) is 11.5 Å². The third-order valence-electron chi connectivity index (χ3n) is 1.75. The molecule has 1 aromatic carbocycles. The molecule has 0 aliphatic carbocycles. The molecule has 2 nitrogen and oxygen atoms in total. The van der Waals surface area contributed by atoms with Crippen molar-refractivity contribution in [2.45, 2.75) is 26.3 Å². The summed E-state index contributed by atoms with van der Waals surface area (Å²) in [5, 5.41) is 0. The maximum atomic E-state index is 12.2. The Morgan fingerprint density at radius 3 is 2.41 bits per heavy atom. The van der Waals surface area contributed by atoms with Crippen molar-refractivity contribution in [3.05, 3.63) is 36.4 Å². The lowest BCUT2D eigenvalue weighted by molar-refractivity contribution is -0.275. The van der Waals surface area contributed by atoms with E-state index in [4.69, 9.17) is 4.74 Å². The van der Waals surface area contributed by atoms with Crippen LogP contribution in [0.4, 0.5) is 13.2 Å². The summed E-state index contributed by atoms with van der Waals surface area (Å²) in [5.74, 6) is -0.394. The van der Waals surface area contributed by atoms with Crippen LogP contribution < -0.4 is 9.47 Å². The van der Waals surface area contributed by atoms with Gasteiger partial charge in [0.2, 0.25) is 0 Å². The molecule has 0 fully saturated rings. The average molecular weight is 245 g/mol. The van der Waals surface area contributed by atoms with Crippen molar-refractivity contribution in [2.24, 2.45) is 0 Å². The van der Waals surface area contributed by atoms with Gasteiger partial charge in [-0.1, -0.05) is 18.7 Å². The summed E-state index contributed by atoms with van der Waals surface area (Å²) in [6, 6.07) is 4.37. The van der Waals surface area contributed by atoms with E-state index in [2.05, 4.69) is 17.4 Å². The lowest BCUT2D eigenvalue weighted by Crippen LogP contribution is -2.19. The minimum absolute atomic E-state index is 0.0194. The van der Waals surface area contributed by atoms with Crippen LogP contribution in [-0.4, -0.2) is 12.5 Å². The van der Waals surface area contributed by atoms with Gasteiger partial charge in [0, 0.05) is 5.56 Å². The van der Waals surface area contributed by atoms with E-state index in [-0.39, 0.29) is 17.4 Å². The summed E-state index contributed by atoms with van der Waals surface area (Å²) in [5.41, 5.74) is 0.112. The monoisotopic (exact) mass is 245 g/mol. The number of para-hydroxylation sites is 1. The number of hydrogen-bond acceptors (Lipinski definition) is 2. The number of halogens is 3. The molecule has 1 rings (SSSR count). The Kier molecular flexibility index (Phi) is 4.04. The molecule has 0 saturated heterocycles. The third kappa shape index (κ3) is 4.01. The van der Waals surface area contributed by atoms with E-state index in [9.17, 15) is 13.2 Å². The van der Waals surface area contributed by atoms with Crippen molar-refractivity contribution in [1.29, 1.82) is 0 Å². The first kappa shape index (κ1) is 13.4. The molecule has 0 aliphatic rings. The molecule has 0 aliphatic heterocycles. The van der Waals surface area contributed by atoms with Crippen molar-refractivity contribution >= 4 is 0 Å². The van der Waals surface area contributed by atoms with Gasteiger partial charge in [-0.15, -0.1) is 13.2 Å². The van der Waals surface area contributed by atoms with Crippen molar-refractivity contribution in [1.82, 2.24) is 0 Å². The highest BCUT2D eigenvalue weighted by Gasteiger charge is 2.33. The van der Waals surface area contributed by atoms with Crippen LogP contribution in [0.2, 0.25) is 0 Å². The average Bonchev–Trinajstić information content (AvgIpc) is 2.17. The molecule has 0 spiro atoms. The van der Waals surface area contributed by atoms with Crippen LogP contribution in [0.1, 0.15) is 19.4 Å². The number of hydrogen-bond donors (Lipinski definition) is 0. The molecule has 17 heavy (non-hydrogen) atoms. The number of benzene rings is 1. The fraction of sp³-hybridized carbons (Fsp3) is 0.333. The van der Waals surface area contributed by atoms with Gasteiger partial charge in [-0.3, -0.25) is 0 Å². The van der Waals surface area contributed by atoms with E-state index in [0.717, 1.165) is 0 Å². The number of ether oxygens (including phenoxy) is 2. The van der Waals surface area contributed by atoms with Gasteiger partial charge >= 0.3 is 6.36 Å². The van der Waals surface area contributed by atoms with Gasteiger partial charge in [0.25, 0.3) is 0 Å². The minimum atomic E-state index is -4.78. The molecule has 93 valence electrons. The van der Waals surface area contributed by atoms with Crippen LogP contribution in [0.25, 0.3) is 0 Å². The largest absolute Gasteiger partial charge is 0.573 e. The van der Waals surface area contributed by atoms with Gasteiger partial charge in [-0.05, 0) is 26.0 Å². The van der Waals surface area contributed by atoms with E-state index >= 15 is 0 Å². The quantitative estimate of drug-likeness (QED) is 0.805. The maximum absolute atomic E-state index is 12.2.